The molecule has 0 saturated heterocycles. The molecule has 0 spiro atoms. The van der Waals surface area contributed by atoms with Crippen molar-refractivity contribution in [2.24, 2.45) is 0 Å². The Kier molecular flexibility index (Phi) is 3.97. The number of nitrogens with one attached hydrogen (secondary N) is 1. The van der Waals surface area contributed by atoms with Crippen LogP contribution in [0.4, 0.5) is 5.69 Å². The van der Waals surface area contributed by atoms with E-state index in [2.05, 4.69) is 21.2 Å². The van der Waals surface area contributed by atoms with Gasteiger partial charge in [0.25, 0.3) is 0 Å². The van der Waals surface area contributed by atoms with Crippen molar-refractivity contribution in [3.05, 3.63) is 50.6 Å². The van der Waals surface area contributed by atoms with Gasteiger partial charge in [-0.1, -0.05) is 12.1 Å². The minimum atomic E-state index is 0.00898. The van der Waals surface area contributed by atoms with E-state index in [1.807, 2.05) is 41.9 Å². The fraction of sp³-hybridized carbons (Fsp3) is 0.154. The molecule has 0 radical (unpaired) electrons. The lowest BCUT2D eigenvalue weighted by molar-refractivity contribution is -0.115. The molecule has 0 bridgehead atoms. The van der Waals surface area contributed by atoms with E-state index in [4.69, 9.17) is 0 Å². The van der Waals surface area contributed by atoms with E-state index < -0.39 is 0 Å². The third-order valence-corrected chi connectivity index (χ3v) is 4.20. The van der Waals surface area contributed by atoms with Gasteiger partial charge in [0.15, 0.2) is 0 Å². The first-order valence-corrected chi connectivity index (χ1v) is 6.96. The quantitative estimate of drug-likeness (QED) is 0.912. The SMILES string of the molecule is Cc1cccc(NC(=O)Cc2ccsc2)c1Br. The minimum absolute atomic E-state index is 0.00898. The molecule has 2 aromatic rings. The van der Waals surface area contributed by atoms with Gasteiger partial charge in [0.2, 0.25) is 5.91 Å². The van der Waals surface area contributed by atoms with Crippen LogP contribution in [-0.2, 0) is 11.2 Å². The van der Waals surface area contributed by atoms with Crippen LogP contribution in [0.1, 0.15) is 11.1 Å². The van der Waals surface area contributed by atoms with E-state index in [0.29, 0.717) is 6.42 Å². The average molecular weight is 310 g/mol. The molecule has 88 valence electrons. The molecule has 0 saturated carbocycles. The minimum Gasteiger partial charge on any atom is -0.325 e. The number of thiophene rings is 1. The molecule has 1 heterocycles. The predicted molar refractivity (Wildman–Crippen MR) is 75.5 cm³/mol. The van der Waals surface area contributed by atoms with Crippen molar-refractivity contribution in [3.8, 4) is 0 Å². The zero-order valence-electron chi connectivity index (χ0n) is 9.37. The van der Waals surface area contributed by atoms with Crippen molar-refractivity contribution in [2.45, 2.75) is 13.3 Å². The summed E-state index contributed by atoms with van der Waals surface area (Å²) in [4.78, 5) is 11.8. The van der Waals surface area contributed by atoms with Crippen molar-refractivity contribution in [2.75, 3.05) is 5.32 Å². The van der Waals surface area contributed by atoms with Gasteiger partial charge in [-0.05, 0) is 56.9 Å². The number of benzene rings is 1. The zero-order valence-corrected chi connectivity index (χ0v) is 11.8. The van der Waals surface area contributed by atoms with Crippen LogP contribution >= 0.6 is 27.3 Å². The highest BCUT2D eigenvalue weighted by Gasteiger charge is 2.07. The van der Waals surface area contributed by atoms with Gasteiger partial charge in [0, 0.05) is 4.47 Å². The second-order valence-corrected chi connectivity index (χ2v) is 5.37. The Balaban J connectivity index is 2.06. The number of carbonyl (C=O) groups excluding carboxylic acids is 1. The summed E-state index contributed by atoms with van der Waals surface area (Å²) >= 11 is 5.08. The zero-order chi connectivity index (χ0) is 12.3. The van der Waals surface area contributed by atoms with E-state index in [0.717, 1.165) is 21.3 Å². The fourth-order valence-corrected chi connectivity index (χ4v) is 2.55. The topological polar surface area (TPSA) is 29.1 Å². The first kappa shape index (κ1) is 12.3. The number of amides is 1. The molecule has 1 aromatic heterocycles. The summed E-state index contributed by atoms with van der Waals surface area (Å²) < 4.78 is 0.943. The van der Waals surface area contributed by atoms with E-state index in [1.165, 1.54) is 0 Å². The number of halogens is 1. The van der Waals surface area contributed by atoms with Crippen LogP contribution in [0, 0.1) is 6.92 Å². The summed E-state index contributed by atoms with van der Waals surface area (Å²) in [6, 6.07) is 7.79. The third-order valence-electron chi connectivity index (χ3n) is 2.41. The average Bonchev–Trinajstić information content (AvgIpc) is 2.77. The molecule has 0 aliphatic carbocycles. The Labute approximate surface area is 113 Å². The van der Waals surface area contributed by atoms with Crippen LogP contribution in [0.15, 0.2) is 39.5 Å². The third kappa shape index (κ3) is 3.17. The first-order chi connectivity index (χ1) is 8.16. The van der Waals surface area contributed by atoms with Crippen molar-refractivity contribution < 1.29 is 4.79 Å². The first-order valence-electron chi connectivity index (χ1n) is 5.23. The van der Waals surface area contributed by atoms with Crippen molar-refractivity contribution >= 4 is 38.9 Å². The standard InChI is InChI=1S/C13H12BrNOS/c1-9-3-2-4-11(13(9)14)15-12(16)7-10-5-6-17-8-10/h2-6,8H,7H2,1H3,(H,15,16). The Bertz CT molecular complexity index is 522. The summed E-state index contributed by atoms with van der Waals surface area (Å²) in [6.45, 7) is 2.00. The molecule has 1 aromatic carbocycles. The molecular weight excluding hydrogens is 298 g/mol. The summed E-state index contributed by atoms with van der Waals surface area (Å²) in [5.41, 5.74) is 2.99. The fourth-order valence-electron chi connectivity index (χ4n) is 1.52. The maximum atomic E-state index is 11.8. The summed E-state index contributed by atoms with van der Waals surface area (Å²) in [7, 11) is 0. The summed E-state index contributed by atoms with van der Waals surface area (Å²) in [6.07, 6.45) is 0.421. The van der Waals surface area contributed by atoms with Crippen LogP contribution in [0.25, 0.3) is 0 Å². The molecule has 0 atom stereocenters. The molecule has 0 fully saturated rings. The Hall–Kier alpha value is -1.13. The molecule has 1 amide bonds. The Morgan fingerprint density at radius 3 is 2.94 bits per heavy atom. The Morgan fingerprint density at radius 2 is 2.24 bits per heavy atom. The number of aryl methyl sites for hydroxylation is 1. The van der Waals surface area contributed by atoms with Crippen LogP contribution in [0.2, 0.25) is 0 Å². The van der Waals surface area contributed by atoms with Gasteiger partial charge >= 0.3 is 0 Å². The van der Waals surface area contributed by atoms with E-state index in [9.17, 15) is 4.79 Å². The van der Waals surface area contributed by atoms with Crippen molar-refractivity contribution in [1.29, 1.82) is 0 Å². The van der Waals surface area contributed by atoms with E-state index >= 15 is 0 Å². The van der Waals surface area contributed by atoms with Crippen LogP contribution in [0.3, 0.4) is 0 Å². The lowest BCUT2D eigenvalue weighted by atomic mass is 10.2. The molecule has 4 heteroatoms. The number of anilines is 1. The van der Waals surface area contributed by atoms with Gasteiger partial charge in [-0.2, -0.15) is 11.3 Å². The van der Waals surface area contributed by atoms with Gasteiger partial charge in [-0.3, -0.25) is 4.79 Å². The number of hydrogen-bond acceptors (Lipinski definition) is 2. The largest absolute Gasteiger partial charge is 0.325 e. The highest BCUT2D eigenvalue weighted by molar-refractivity contribution is 9.10. The molecular formula is C13H12BrNOS. The smallest absolute Gasteiger partial charge is 0.228 e. The number of rotatable bonds is 3. The highest BCUT2D eigenvalue weighted by Crippen LogP contribution is 2.25. The lowest BCUT2D eigenvalue weighted by Gasteiger charge is -2.08. The van der Waals surface area contributed by atoms with Gasteiger partial charge in [-0.15, -0.1) is 0 Å². The molecule has 0 unspecified atom stereocenters. The van der Waals surface area contributed by atoms with Gasteiger partial charge in [0.05, 0.1) is 12.1 Å². The number of carbonyl (C=O) groups is 1. The summed E-state index contributed by atoms with van der Waals surface area (Å²) in [5.74, 6) is 0.00898. The molecule has 2 nitrogen and oxygen atoms in total. The van der Waals surface area contributed by atoms with Gasteiger partial charge in [-0.25, -0.2) is 0 Å². The number of hydrogen-bond donors (Lipinski definition) is 1. The maximum Gasteiger partial charge on any atom is 0.228 e. The van der Waals surface area contributed by atoms with Crippen molar-refractivity contribution in [3.63, 3.8) is 0 Å². The highest BCUT2D eigenvalue weighted by atomic mass is 79.9. The van der Waals surface area contributed by atoms with E-state index in [1.54, 1.807) is 11.3 Å². The van der Waals surface area contributed by atoms with Crippen LogP contribution < -0.4 is 5.32 Å². The van der Waals surface area contributed by atoms with Gasteiger partial charge in [0.1, 0.15) is 0 Å². The second kappa shape index (κ2) is 5.47. The summed E-state index contributed by atoms with van der Waals surface area (Å²) in [5, 5.41) is 6.88. The molecule has 1 N–H and O–H groups in total. The van der Waals surface area contributed by atoms with Crippen LogP contribution in [0.5, 0.6) is 0 Å². The van der Waals surface area contributed by atoms with Crippen LogP contribution in [-0.4, -0.2) is 5.91 Å². The molecule has 2 rings (SSSR count). The molecule has 0 aliphatic rings. The monoisotopic (exact) mass is 309 g/mol. The Morgan fingerprint density at radius 1 is 1.41 bits per heavy atom. The van der Waals surface area contributed by atoms with Crippen molar-refractivity contribution in [1.82, 2.24) is 0 Å². The molecule has 0 aliphatic heterocycles. The molecule has 17 heavy (non-hydrogen) atoms. The lowest BCUT2D eigenvalue weighted by Crippen LogP contribution is -2.14. The van der Waals surface area contributed by atoms with E-state index in [-0.39, 0.29) is 5.91 Å². The predicted octanol–water partition coefficient (Wildman–Crippen LogP) is 4.00. The second-order valence-electron chi connectivity index (χ2n) is 3.79. The normalized spacial score (nSPS) is 10.2. The van der Waals surface area contributed by atoms with Gasteiger partial charge < -0.3 is 5.32 Å². The maximum absolute atomic E-state index is 11.8.